The summed E-state index contributed by atoms with van der Waals surface area (Å²) < 4.78 is 6.95. The maximum Gasteiger partial charge on any atom is 0.133 e. The number of halogens is 3. The summed E-state index contributed by atoms with van der Waals surface area (Å²) in [6.45, 7) is 0. The molecule has 19 heavy (non-hydrogen) atoms. The van der Waals surface area contributed by atoms with Crippen LogP contribution in [0.2, 0.25) is 5.02 Å². The molecule has 2 nitrogen and oxygen atoms in total. The van der Waals surface area contributed by atoms with Crippen molar-refractivity contribution in [2.24, 2.45) is 5.73 Å². The first-order chi connectivity index (χ1) is 9.02. The fourth-order valence-corrected chi connectivity index (χ4v) is 2.77. The zero-order valence-corrected chi connectivity index (χ0v) is 14.1. The second kappa shape index (κ2) is 6.27. The molecule has 5 heteroatoms. The molecular weight excluding hydrogens is 393 g/mol. The van der Waals surface area contributed by atoms with Crippen LogP contribution in [0.5, 0.6) is 5.75 Å². The minimum atomic E-state index is -0.229. The second-order valence-corrected chi connectivity index (χ2v) is 6.16. The molecule has 2 rings (SSSR count). The molecule has 0 aliphatic heterocycles. The standard InChI is InChI=1S/C14H12Br2ClNO/c1-19-13-5-3-8(6-11(13)16)14(18)9-2-4-10(15)12(17)7-9/h2-7,14H,18H2,1H3. The summed E-state index contributed by atoms with van der Waals surface area (Å²) in [5, 5.41) is 0.653. The Kier molecular flexibility index (Phi) is 4.90. The number of methoxy groups -OCH3 is 1. The van der Waals surface area contributed by atoms with Gasteiger partial charge in [-0.2, -0.15) is 0 Å². The molecule has 1 atom stereocenters. The summed E-state index contributed by atoms with van der Waals surface area (Å²) in [7, 11) is 1.63. The number of hydrogen-bond acceptors (Lipinski definition) is 2. The molecule has 2 N–H and O–H groups in total. The van der Waals surface area contributed by atoms with Crippen LogP contribution in [0.1, 0.15) is 17.2 Å². The van der Waals surface area contributed by atoms with Crippen molar-refractivity contribution in [3.8, 4) is 5.75 Å². The average Bonchev–Trinajstić information content (AvgIpc) is 2.41. The fraction of sp³-hybridized carbons (Fsp3) is 0.143. The molecule has 0 aliphatic carbocycles. The van der Waals surface area contributed by atoms with E-state index in [1.54, 1.807) is 7.11 Å². The molecule has 0 aliphatic rings. The predicted molar refractivity (Wildman–Crippen MR) is 85.9 cm³/mol. The monoisotopic (exact) mass is 403 g/mol. The lowest BCUT2D eigenvalue weighted by Gasteiger charge is -2.15. The van der Waals surface area contributed by atoms with Crippen molar-refractivity contribution in [1.29, 1.82) is 0 Å². The van der Waals surface area contributed by atoms with E-state index in [4.69, 9.17) is 22.1 Å². The van der Waals surface area contributed by atoms with Gasteiger partial charge in [0, 0.05) is 4.47 Å². The van der Waals surface area contributed by atoms with Crippen LogP contribution in [0, 0.1) is 0 Å². The molecule has 0 saturated heterocycles. The van der Waals surface area contributed by atoms with Crippen molar-refractivity contribution >= 4 is 43.5 Å². The van der Waals surface area contributed by atoms with Crippen molar-refractivity contribution in [1.82, 2.24) is 0 Å². The van der Waals surface area contributed by atoms with Crippen LogP contribution < -0.4 is 10.5 Å². The highest BCUT2D eigenvalue weighted by Crippen LogP contribution is 2.31. The third-order valence-electron chi connectivity index (χ3n) is 2.84. The lowest BCUT2D eigenvalue weighted by molar-refractivity contribution is 0.412. The summed E-state index contributed by atoms with van der Waals surface area (Å²) in [4.78, 5) is 0. The van der Waals surface area contributed by atoms with Crippen LogP contribution in [0.3, 0.4) is 0 Å². The van der Waals surface area contributed by atoms with Crippen LogP contribution in [0.15, 0.2) is 45.3 Å². The maximum absolute atomic E-state index is 6.26. The molecule has 0 spiro atoms. The normalized spacial score (nSPS) is 12.3. The quantitative estimate of drug-likeness (QED) is 0.787. The predicted octanol–water partition coefficient (Wildman–Crippen LogP) is 4.92. The number of nitrogens with two attached hydrogens (primary N) is 1. The Bertz CT molecular complexity index is 604. The summed E-state index contributed by atoms with van der Waals surface area (Å²) in [6.07, 6.45) is 0. The molecule has 0 saturated carbocycles. The van der Waals surface area contributed by atoms with E-state index in [9.17, 15) is 0 Å². The highest BCUT2D eigenvalue weighted by molar-refractivity contribution is 9.10. The van der Waals surface area contributed by atoms with Crippen molar-refractivity contribution in [2.45, 2.75) is 6.04 Å². The Labute approximate surface area is 134 Å². The maximum atomic E-state index is 6.26. The van der Waals surface area contributed by atoms with Crippen LogP contribution >= 0.6 is 43.5 Å². The molecule has 0 heterocycles. The smallest absolute Gasteiger partial charge is 0.133 e. The van der Waals surface area contributed by atoms with Crippen molar-refractivity contribution in [2.75, 3.05) is 7.11 Å². The van der Waals surface area contributed by atoms with Gasteiger partial charge in [-0.25, -0.2) is 0 Å². The first kappa shape index (κ1) is 14.9. The van der Waals surface area contributed by atoms with Gasteiger partial charge in [-0.1, -0.05) is 23.7 Å². The molecule has 1 unspecified atom stereocenters. The molecule has 2 aromatic rings. The van der Waals surface area contributed by atoms with Crippen molar-refractivity contribution in [3.63, 3.8) is 0 Å². The number of rotatable bonds is 3. The Hall–Kier alpha value is -0.550. The molecule has 0 aromatic heterocycles. The van der Waals surface area contributed by atoms with Crippen molar-refractivity contribution in [3.05, 3.63) is 61.5 Å². The molecule has 0 bridgehead atoms. The van der Waals surface area contributed by atoms with Gasteiger partial charge in [0.1, 0.15) is 5.75 Å². The summed E-state index contributed by atoms with van der Waals surface area (Å²) in [5.41, 5.74) is 8.22. The van der Waals surface area contributed by atoms with Crippen molar-refractivity contribution < 1.29 is 4.74 Å². The Morgan fingerprint density at radius 1 is 1.05 bits per heavy atom. The minimum Gasteiger partial charge on any atom is -0.496 e. The van der Waals surface area contributed by atoms with E-state index in [1.807, 2.05) is 36.4 Å². The second-order valence-electron chi connectivity index (χ2n) is 4.05. The third kappa shape index (κ3) is 3.31. The Balaban J connectivity index is 2.35. The number of hydrogen-bond donors (Lipinski definition) is 1. The fourth-order valence-electron chi connectivity index (χ4n) is 1.77. The van der Waals surface area contributed by atoms with E-state index in [1.165, 1.54) is 0 Å². The van der Waals surface area contributed by atoms with Gasteiger partial charge in [0.15, 0.2) is 0 Å². The molecular formula is C14H12Br2ClNO. The lowest BCUT2D eigenvalue weighted by atomic mass is 10.00. The number of ether oxygens (including phenoxy) is 1. The van der Waals surface area contributed by atoms with Gasteiger partial charge in [-0.05, 0) is 67.3 Å². The van der Waals surface area contributed by atoms with E-state index in [0.717, 1.165) is 25.8 Å². The summed E-state index contributed by atoms with van der Waals surface area (Å²) in [5.74, 6) is 0.782. The van der Waals surface area contributed by atoms with Gasteiger partial charge >= 0.3 is 0 Å². The summed E-state index contributed by atoms with van der Waals surface area (Å²) in [6, 6.07) is 11.3. The van der Waals surface area contributed by atoms with Gasteiger partial charge in [0.2, 0.25) is 0 Å². The van der Waals surface area contributed by atoms with E-state index >= 15 is 0 Å². The average molecular weight is 406 g/mol. The van der Waals surface area contributed by atoms with Gasteiger partial charge < -0.3 is 10.5 Å². The molecule has 0 amide bonds. The van der Waals surface area contributed by atoms with Crippen LogP contribution in [0.25, 0.3) is 0 Å². The van der Waals surface area contributed by atoms with E-state index in [0.29, 0.717) is 5.02 Å². The van der Waals surface area contributed by atoms with Gasteiger partial charge in [-0.3, -0.25) is 0 Å². The molecule has 100 valence electrons. The molecule has 0 radical (unpaired) electrons. The van der Waals surface area contributed by atoms with Gasteiger partial charge in [0.05, 0.1) is 22.6 Å². The topological polar surface area (TPSA) is 35.2 Å². The van der Waals surface area contributed by atoms with Gasteiger partial charge in [0.25, 0.3) is 0 Å². The first-order valence-electron chi connectivity index (χ1n) is 5.57. The highest BCUT2D eigenvalue weighted by Gasteiger charge is 2.12. The molecule has 2 aromatic carbocycles. The van der Waals surface area contributed by atoms with Crippen LogP contribution in [-0.2, 0) is 0 Å². The highest BCUT2D eigenvalue weighted by atomic mass is 79.9. The summed E-state index contributed by atoms with van der Waals surface area (Å²) >= 11 is 12.9. The zero-order chi connectivity index (χ0) is 14.0. The van der Waals surface area contributed by atoms with E-state index in [2.05, 4.69) is 31.9 Å². The van der Waals surface area contributed by atoms with E-state index in [-0.39, 0.29) is 6.04 Å². The first-order valence-corrected chi connectivity index (χ1v) is 7.53. The molecule has 0 fully saturated rings. The minimum absolute atomic E-state index is 0.229. The largest absolute Gasteiger partial charge is 0.496 e. The Morgan fingerprint density at radius 3 is 2.26 bits per heavy atom. The van der Waals surface area contributed by atoms with Gasteiger partial charge in [-0.15, -0.1) is 0 Å². The zero-order valence-electron chi connectivity index (χ0n) is 10.2. The number of benzene rings is 2. The van der Waals surface area contributed by atoms with Crippen LogP contribution in [-0.4, -0.2) is 7.11 Å². The SMILES string of the molecule is COc1ccc(C(N)c2ccc(Br)c(Cl)c2)cc1Br. The third-order valence-corrected chi connectivity index (χ3v) is 4.69. The Morgan fingerprint density at radius 2 is 1.68 bits per heavy atom. The lowest BCUT2D eigenvalue weighted by Crippen LogP contribution is -2.11. The van der Waals surface area contributed by atoms with Crippen LogP contribution in [0.4, 0.5) is 0 Å². The van der Waals surface area contributed by atoms with E-state index < -0.39 is 0 Å².